The van der Waals surface area contributed by atoms with Crippen LogP contribution in [0, 0.1) is 0 Å². The Morgan fingerprint density at radius 1 is 0.122 bits per heavy atom. The van der Waals surface area contributed by atoms with E-state index in [1.54, 1.807) is 0 Å². The number of benzene rings is 23. The summed E-state index contributed by atoms with van der Waals surface area (Å²) in [7, 11) is 0. The first-order chi connectivity index (χ1) is 73.0. The normalized spacial score (nSPS) is 11.9. The Hall–Kier alpha value is -19.3. The van der Waals surface area contributed by atoms with Crippen LogP contribution >= 0.6 is 11.3 Å². The summed E-state index contributed by atoms with van der Waals surface area (Å²) in [6.45, 7) is 0. The number of nitrogens with zero attached hydrogens (tertiary/aromatic N) is 8. The zero-order chi connectivity index (χ0) is 96.4. The Morgan fingerprint density at radius 2 is 0.408 bits per heavy atom. The van der Waals surface area contributed by atoms with Gasteiger partial charge in [0, 0.05) is 152 Å². The van der Waals surface area contributed by atoms with Crippen LogP contribution in [0.4, 0.5) is 0 Å². The van der Waals surface area contributed by atoms with Gasteiger partial charge in [0.15, 0.2) is 0 Å². The first-order valence-corrected chi connectivity index (χ1v) is 51.3. The van der Waals surface area contributed by atoms with Crippen molar-refractivity contribution in [2.45, 2.75) is 0 Å². The summed E-state index contributed by atoms with van der Waals surface area (Å²) in [5.74, 6) is 0. The molecule has 0 unspecified atom stereocenters. The number of aromatic nitrogens is 8. The molecule has 0 atom stereocenters. The molecule has 0 aliphatic heterocycles. The van der Waals surface area contributed by atoms with Crippen molar-refractivity contribution >= 4 is 206 Å². The Kier molecular flexibility index (Phi) is 19.1. The third-order valence-corrected chi connectivity index (χ3v) is 31.8. The van der Waals surface area contributed by atoms with E-state index < -0.39 is 0 Å². The van der Waals surface area contributed by atoms with Crippen molar-refractivity contribution in [3.8, 4) is 78.9 Å². The van der Waals surface area contributed by atoms with E-state index in [-0.39, 0.29) is 0 Å². The van der Waals surface area contributed by atoms with Crippen molar-refractivity contribution in [3.63, 3.8) is 0 Å². The fraction of sp³-hybridized carbons (Fsp3) is 0. The van der Waals surface area contributed by atoms with Gasteiger partial charge in [-0.15, -0.1) is 11.3 Å². The second-order valence-corrected chi connectivity index (χ2v) is 39.5. The molecule has 23 aromatic carbocycles. The molecule has 686 valence electrons. The van der Waals surface area contributed by atoms with Crippen LogP contribution in [0.1, 0.15) is 0 Å². The zero-order valence-electron chi connectivity index (χ0n) is 79.8. The fourth-order valence-electron chi connectivity index (χ4n) is 24.4. The van der Waals surface area contributed by atoms with Gasteiger partial charge in [0.25, 0.3) is 0 Å². The molecule has 0 N–H and O–H groups in total. The second kappa shape index (κ2) is 33.7. The molecule has 0 fully saturated rings. The van der Waals surface area contributed by atoms with Crippen LogP contribution in [-0.4, -0.2) is 36.5 Å². The molecule has 8 nitrogen and oxygen atoms in total. The topological polar surface area (TPSA) is 39.4 Å². The van der Waals surface area contributed by atoms with E-state index in [1.165, 1.54) is 251 Å². The van der Waals surface area contributed by atoms with Gasteiger partial charge in [0.1, 0.15) is 0 Å². The summed E-state index contributed by atoms with van der Waals surface area (Å²) >= 11 is 1.89. The zero-order valence-corrected chi connectivity index (χ0v) is 80.6. The number of para-hydroxylation sites is 14. The SMILES string of the molecule is c1ccc(-n2c3ccccc3c3c2cc(-c2cccc(-c4cccc5c4sc4ccccc45)c2)c2c4ccccc4n(-c4ccccc4)c23)cc1.c1ccc(-n2c3ccccc3c3cc(-c4ccc(-n5c6ccccc6c6ccc7c(c8ccccc8n7-c7ccccc7)c65)cc4)ccc32)cc1.c1ccc(-n2c3ccccc3c3cc(-n4c5ccccc5c5c4ccc4c6ccccc6n(-c6ccccc6)c45)ccc32)cc1. The largest absolute Gasteiger partial charge is 0.309 e. The maximum absolute atomic E-state index is 2.49. The Bertz CT molecular complexity index is 10900. The van der Waals surface area contributed by atoms with E-state index in [0.717, 1.165) is 22.7 Å². The van der Waals surface area contributed by atoms with E-state index in [1.807, 2.05) is 11.3 Å². The fourth-order valence-corrected chi connectivity index (χ4v) is 25.6. The molecule has 0 saturated heterocycles. The van der Waals surface area contributed by atoms with Crippen molar-refractivity contribution in [2.75, 3.05) is 0 Å². The molecule has 0 spiro atoms. The van der Waals surface area contributed by atoms with Crippen LogP contribution in [0.25, 0.3) is 273 Å². The van der Waals surface area contributed by atoms with E-state index in [9.17, 15) is 0 Å². The van der Waals surface area contributed by atoms with Crippen LogP contribution in [0.15, 0.2) is 534 Å². The predicted octanol–water partition coefficient (Wildman–Crippen LogP) is 37.2. The van der Waals surface area contributed by atoms with Gasteiger partial charge in [-0.3, -0.25) is 0 Å². The minimum absolute atomic E-state index is 1.15. The lowest BCUT2D eigenvalue weighted by Gasteiger charge is -2.14. The monoisotopic (exact) mass is 1890 g/mol. The quantitative estimate of drug-likeness (QED) is 0.124. The molecule has 32 rings (SSSR count). The summed E-state index contributed by atoms with van der Waals surface area (Å²) < 4.78 is 22.1. The van der Waals surface area contributed by atoms with Crippen LogP contribution in [-0.2, 0) is 0 Å². The van der Waals surface area contributed by atoms with Gasteiger partial charge in [-0.2, -0.15) is 0 Å². The number of rotatable bonds is 11. The molecule has 0 radical (unpaired) electrons. The predicted molar refractivity (Wildman–Crippen MR) is 623 cm³/mol. The second-order valence-electron chi connectivity index (χ2n) is 38.4. The van der Waals surface area contributed by atoms with E-state index >= 15 is 0 Å². The molecule has 0 saturated carbocycles. The molecule has 147 heavy (non-hydrogen) atoms. The number of thiophene rings is 1. The summed E-state index contributed by atoms with van der Waals surface area (Å²) in [5.41, 5.74) is 36.1. The van der Waals surface area contributed by atoms with E-state index in [4.69, 9.17) is 0 Å². The van der Waals surface area contributed by atoms with E-state index in [2.05, 4.69) is 570 Å². The first-order valence-electron chi connectivity index (χ1n) is 50.4. The van der Waals surface area contributed by atoms with Gasteiger partial charge in [-0.1, -0.05) is 340 Å². The molecule has 9 heteroatoms. The number of hydrogen-bond donors (Lipinski definition) is 0. The Labute approximate surface area is 848 Å². The third-order valence-electron chi connectivity index (χ3n) is 30.5. The van der Waals surface area contributed by atoms with Gasteiger partial charge in [0.05, 0.1) is 88.3 Å². The number of hydrogen-bond acceptors (Lipinski definition) is 1. The molecule has 0 amide bonds. The van der Waals surface area contributed by atoms with Crippen LogP contribution in [0.3, 0.4) is 0 Å². The summed E-state index contributed by atoms with van der Waals surface area (Å²) in [4.78, 5) is 0. The van der Waals surface area contributed by atoms with Crippen molar-refractivity contribution in [1.29, 1.82) is 0 Å². The highest BCUT2D eigenvalue weighted by Crippen LogP contribution is 2.52. The lowest BCUT2D eigenvalue weighted by atomic mass is 9.94. The van der Waals surface area contributed by atoms with Crippen molar-refractivity contribution in [2.24, 2.45) is 0 Å². The molecular formula is C138H88N8S. The minimum Gasteiger partial charge on any atom is -0.309 e. The molecule has 9 aromatic heterocycles. The minimum atomic E-state index is 1.15. The molecule has 0 aliphatic carbocycles. The average molecular weight is 1890 g/mol. The Morgan fingerprint density at radius 3 is 0.871 bits per heavy atom. The summed E-state index contributed by atoms with van der Waals surface area (Å²) in [6.07, 6.45) is 0. The van der Waals surface area contributed by atoms with Crippen molar-refractivity contribution in [3.05, 3.63) is 534 Å². The standard InChI is InChI=1S/C48H31N3.C48H30N2S.C42H27N3/c1-3-13-34(14-4-1)49-42-20-10-8-18-38(42)41-31-33(25-29-45(41)49)32-23-26-36(27-24-32)51-43-21-11-7-17-37(43)39-28-30-46-47(48(39)51)40-19-9-12-22-44(40)50(46)35-15-5-2-6-16-35;1-3-17-33(18-4-1)49-41-26-10-8-23-39(41)46-43(49)30-40(45-38-22-7-11-27-42(38)50(47(45)46)34-19-5-2-6-20-34)32-16-13-15-31(29-32)35-24-14-25-37-36-21-9-12-28-44(36)51-48(35)37;1-3-13-28(14-4-1)43-36-20-10-8-18-32(36)35-27-30(23-25-39(35)43)44-38-22-12-9-19-34(38)41-40(44)26-24-33-31-17-7-11-21-37(31)45(42(33)41)29-15-5-2-6-16-29/h1-31H;1-30H;1-27H. The molecule has 0 aliphatic rings. The smallest absolute Gasteiger partial charge is 0.0647 e. The van der Waals surface area contributed by atoms with Gasteiger partial charge in [-0.25, -0.2) is 0 Å². The first kappa shape index (κ1) is 83.5. The summed E-state index contributed by atoms with van der Waals surface area (Å²) in [6, 6.07) is 194. The van der Waals surface area contributed by atoms with Crippen molar-refractivity contribution < 1.29 is 0 Å². The molecule has 32 aromatic rings. The van der Waals surface area contributed by atoms with Crippen LogP contribution in [0.2, 0.25) is 0 Å². The van der Waals surface area contributed by atoms with Gasteiger partial charge < -0.3 is 36.5 Å². The van der Waals surface area contributed by atoms with Crippen molar-refractivity contribution in [1.82, 2.24) is 36.5 Å². The molecule has 9 heterocycles. The maximum atomic E-state index is 2.49. The van der Waals surface area contributed by atoms with E-state index in [0.29, 0.717) is 0 Å². The lowest BCUT2D eigenvalue weighted by molar-refractivity contribution is 1.16. The van der Waals surface area contributed by atoms with Gasteiger partial charge >= 0.3 is 0 Å². The third kappa shape index (κ3) is 13.0. The summed E-state index contributed by atoms with van der Waals surface area (Å²) in [5, 5.41) is 22.8. The maximum Gasteiger partial charge on any atom is 0.0647 e. The lowest BCUT2D eigenvalue weighted by Crippen LogP contribution is -1.96. The number of fused-ring (bicyclic) bond motifs is 30. The highest BCUT2D eigenvalue weighted by atomic mass is 32.1. The highest BCUT2D eigenvalue weighted by molar-refractivity contribution is 7.26. The molecular weight excluding hydrogens is 1800 g/mol. The van der Waals surface area contributed by atoms with Crippen LogP contribution < -0.4 is 0 Å². The average Bonchev–Trinajstić information content (AvgIpc) is 1.53. The van der Waals surface area contributed by atoms with Gasteiger partial charge in [0.2, 0.25) is 0 Å². The molecule has 0 bridgehead atoms. The Balaban J connectivity index is 0.000000102. The van der Waals surface area contributed by atoms with Crippen LogP contribution in [0.5, 0.6) is 0 Å². The van der Waals surface area contributed by atoms with Gasteiger partial charge in [-0.05, 0) is 228 Å². The highest BCUT2D eigenvalue weighted by Gasteiger charge is 2.29.